The lowest BCUT2D eigenvalue weighted by molar-refractivity contribution is 0.0317. The third kappa shape index (κ3) is 4.48. The molecule has 1 aromatic heterocycles. The Morgan fingerprint density at radius 2 is 1.93 bits per heavy atom. The number of carboxylic acid groups (broad SMARTS) is 1. The van der Waals surface area contributed by atoms with E-state index in [4.69, 9.17) is 9.47 Å². The van der Waals surface area contributed by atoms with Gasteiger partial charge in [0.05, 0.1) is 24.6 Å². The molecule has 1 aliphatic heterocycles. The van der Waals surface area contributed by atoms with Crippen LogP contribution in [0.4, 0.5) is 0 Å². The topological polar surface area (TPSA) is 76.8 Å². The van der Waals surface area contributed by atoms with Gasteiger partial charge in [-0.25, -0.2) is 9.48 Å². The molecule has 2 heterocycles. The van der Waals surface area contributed by atoms with Crippen LogP contribution in [0.3, 0.4) is 0 Å². The molecule has 0 saturated carbocycles. The minimum atomic E-state index is -1.03. The molecule has 3 rings (SSSR count). The molecule has 146 valence electrons. The Labute approximate surface area is 159 Å². The number of rotatable bonds is 7. The van der Waals surface area contributed by atoms with Crippen molar-refractivity contribution in [2.45, 2.75) is 26.7 Å². The molecule has 0 amide bonds. The third-order valence-electron chi connectivity index (χ3n) is 4.79. The normalized spacial score (nSPS) is 15.3. The van der Waals surface area contributed by atoms with E-state index < -0.39 is 5.97 Å². The molecule has 1 fully saturated rings. The second-order valence-corrected chi connectivity index (χ2v) is 7.03. The summed E-state index contributed by atoms with van der Waals surface area (Å²) in [6.45, 7) is 10.3. The van der Waals surface area contributed by atoms with Crippen molar-refractivity contribution >= 4 is 5.97 Å². The van der Waals surface area contributed by atoms with Crippen molar-refractivity contribution in [2.75, 3.05) is 39.5 Å². The molecule has 2 aromatic rings. The maximum Gasteiger partial charge on any atom is 0.343 e. The van der Waals surface area contributed by atoms with Crippen molar-refractivity contribution in [3.05, 3.63) is 41.1 Å². The average Bonchev–Trinajstić information content (AvgIpc) is 2.99. The number of ether oxygens (including phenoxy) is 2. The van der Waals surface area contributed by atoms with Gasteiger partial charge in [0.1, 0.15) is 12.2 Å². The zero-order valence-corrected chi connectivity index (χ0v) is 16.1. The maximum atomic E-state index is 11.7. The van der Waals surface area contributed by atoms with E-state index in [1.807, 2.05) is 24.3 Å². The summed E-state index contributed by atoms with van der Waals surface area (Å²) in [7, 11) is 0. The maximum absolute atomic E-state index is 11.7. The number of aromatic carboxylic acids is 1. The van der Waals surface area contributed by atoms with Crippen LogP contribution in [-0.2, 0) is 4.74 Å². The van der Waals surface area contributed by atoms with E-state index in [1.165, 1.54) is 5.56 Å². The summed E-state index contributed by atoms with van der Waals surface area (Å²) in [6.07, 6.45) is 0. The van der Waals surface area contributed by atoms with Gasteiger partial charge in [0.15, 0.2) is 0 Å². The first-order chi connectivity index (χ1) is 13.0. The summed E-state index contributed by atoms with van der Waals surface area (Å²) in [5, 5.41) is 14.0. The molecule has 27 heavy (non-hydrogen) atoms. The summed E-state index contributed by atoms with van der Waals surface area (Å²) in [6, 6.07) is 7.97. The molecule has 0 aliphatic carbocycles. The molecule has 1 saturated heterocycles. The van der Waals surface area contributed by atoms with E-state index >= 15 is 0 Å². The zero-order valence-electron chi connectivity index (χ0n) is 16.1. The van der Waals surface area contributed by atoms with Gasteiger partial charge in [-0.3, -0.25) is 4.90 Å². The summed E-state index contributed by atoms with van der Waals surface area (Å²) in [5.74, 6) is -0.318. The van der Waals surface area contributed by atoms with Crippen LogP contribution >= 0.6 is 0 Å². The molecule has 0 unspecified atom stereocenters. The van der Waals surface area contributed by atoms with E-state index in [0.29, 0.717) is 18.2 Å². The van der Waals surface area contributed by atoms with Crippen molar-refractivity contribution in [2.24, 2.45) is 0 Å². The number of aromatic nitrogens is 2. The number of carbonyl (C=O) groups is 1. The van der Waals surface area contributed by atoms with E-state index in [0.717, 1.165) is 38.5 Å². The van der Waals surface area contributed by atoms with E-state index in [-0.39, 0.29) is 11.4 Å². The predicted octanol–water partition coefficient (Wildman–Crippen LogP) is 2.71. The fraction of sp³-hybridized carbons (Fsp3) is 0.500. The number of hydrogen-bond donors (Lipinski definition) is 1. The Balaban J connectivity index is 1.82. The van der Waals surface area contributed by atoms with Crippen molar-refractivity contribution in [1.29, 1.82) is 0 Å². The lowest BCUT2D eigenvalue weighted by Gasteiger charge is -2.26. The standard InChI is InChI=1S/C20H27N3O4/c1-14(2)16-4-6-17(7-5-16)23-19(18(20(24)25)15(3)21-23)27-13-10-22-8-11-26-12-9-22/h4-7,14H,8-13H2,1-3H3,(H,24,25). The molecule has 0 spiro atoms. The lowest BCUT2D eigenvalue weighted by atomic mass is 10.0. The van der Waals surface area contributed by atoms with Gasteiger partial charge in [-0.2, -0.15) is 5.10 Å². The smallest absolute Gasteiger partial charge is 0.343 e. The van der Waals surface area contributed by atoms with Gasteiger partial charge >= 0.3 is 5.97 Å². The fourth-order valence-electron chi connectivity index (χ4n) is 3.16. The lowest BCUT2D eigenvalue weighted by Crippen LogP contribution is -2.38. The first-order valence-corrected chi connectivity index (χ1v) is 9.33. The van der Waals surface area contributed by atoms with Gasteiger partial charge in [-0.05, 0) is 30.5 Å². The van der Waals surface area contributed by atoms with Gasteiger partial charge < -0.3 is 14.6 Å². The van der Waals surface area contributed by atoms with Gasteiger partial charge in [-0.1, -0.05) is 26.0 Å². The zero-order chi connectivity index (χ0) is 19.4. The molecule has 0 atom stereocenters. The predicted molar refractivity (Wildman–Crippen MR) is 102 cm³/mol. The minimum Gasteiger partial charge on any atom is -0.477 e. The third-order valence-corrected chi connectivity index (χ3v) is 4.79. The molecule has 0 bridgehead atoms. The Kier molecular flexibility index (Phi) is 6.13. The van der Waals surface area contributed by atoms with Crippen LogP contribution in [0.25, 0.3) is 5.69 Å². The van der Waals surface area contributed by atoms with E-state index in [9.17, 15) is 9.90 Å². The van der Waals surface area contributed by atoms with Crippen molar-refractivity contribution in [3.8, 4) is 11.6 Å². The van der Waals surface area contributed by atoms with Crippen LogP contribution in [-0.4, -0.2) is 65.2 Å². The van der Waals surface area contributed by atoms with Crippen LogP contribution in [0.2, 0.25) is 0 Å². The highest BCUT2D eigenvalue weighted by Crippen LogP contribution is 2.27. The average molecular weight is 373 g/mol. The Bertz CT molecular complexity index is 777. The Morgan fingerprint density at radius 1 is 1.26 bits per heavy atom. The first-order valence-electron chi connectivity index (χ1n) is 9.33. The molecule has 7 heteroatoms. The van der Waals surface area contributed by atoms with Gasteiger partial charge in [-0.15, -0.1) is 0 Å². The molecular formula is C20H27N3O4. The highest BCUT2D eigenvalue weighted by molar-refractivity contribution is 5.91. The molecule has 1 aliphatic rings. The van der Waals surface area contributed by atoms with E-state index in [1.54, 1.807) is 11.6 Å². The molecule has 1 N–H and O–H groups in total. The first kappa shape index (κ1) is 19.4. The van der Waals surface area contributed by atoms with Crippen LogP contribution < -0.4 is 4.74 Å². The Hall–Kier alpha value is -2.38. The van der Waals surface area contributed by atoms with Crippen LogP contribution in [0.15, 0.2) is 24.3 Å². The number of nitrogens with zero attached hydrogens (tertiary/aromatic N) is 3. The summed E-state index contributed by atoms with van der Waals surface area (Å²) < 4.78 is 12.9. The van der Waals surface area contributed by atoms with Gasteiger partial charge in [0.25, 0.3) is 0 Å². The number of aryl methyl sites for hydroxylation is 1. The van der Waals surface area contributed by atoms with Crippen molar-refractivity contribution in [1.82, 2.24) is 14.7 Å². The second kappa shape index (κ2) is 8.54. The second-order valence-electron chi connectivity index (χ2n) is 7.03. The number of morpholine rings is 1. The van der Waals surface area contributed by atoms with Gasteiger partial charge in [0, 0.05) is 19.6 Å². The van der Waals surface area contributed by atoms with Crippen molar-refractivity contribution in [3.63, 3.8) is 0 Å². The fourth-order valence-corrected chi connectivity index (χ4v) is 3.16. The number of hydrogen-bond acceptors (Lipinski definition) is 5. The summed E-state index contributed by atoms with van der Waals surface area (Å²) in [5.41, 5.74) is 2.56. The quantitative estimate of drug-likeness (QED) is 0.804. The highest BCUT2D eigenvalue weighted by Gasteiger charge is 2.24. The monoisotopic (exact) mass is 373 g/mol. The highest BCUT2D eigenvalue weighted by atomic mass is 16.5. The molecular weight excluding hydrogens is 346 g/mol. The van der Waals surface area contributed by atoms with Crippen molar-refractivity contribution < 1.29 is 19.4 Å². The van der Waals surface area contributed by atoms with E-state index in [2.05, 4.69) is 23.8 Å². The summed E-state index contributed by atoms with van der Waals surface area (Å²) in [4.78, 5) is 14.0. The molecule has 1 aromatic carbocycles. The summed E-state index contributed by atoms with van der Waals surface area (Å²) >= 11 is 0. The SMILES string of the molecule is Cc1nn(-c2ccc(C(C)C)cc2)c(OCCN2CCOCC2)c1C(=O)O. The van der Waals surface area contributed by atoms with Gasteiger partial charge in [0.2, 0.25) is 5.88 Å². The van der Waals surface area contributed by atoms with Crippen LogP contribution in [0.5, 0.6) is 5.88 Å². The minimum absolute atomic E-state index is 0.116. The molecule has 7 nitrogen and oxygen atoms in total. The molecule has 0 radical (unpaired) electrons. The van der Waals surface area contributed by atoms with Crippen LogP contribution in [0, 0.1) is 6.92 Å². The largest absolute Gasteiger partial charge is 0.477 e. The van der Waals surface area contributed by atoms with Crippen LogP contribution in [0.1, 0.15) is 41.4 Å². The Morgan fingerprint density at radius 3 is 2.52 bits per heavy atom. The number of carboxylic acids is 1. The number of benzene rings is 1.